The predicted octanol–water partition coefficient (Wildman–Crippen LogP) is 2.69. The van der Waals surface area contributed by atoms with Crippen molar-refractivity contribution in [1.29, 1.82) is 0 Å². The Bertz CT molecular complexity index is 673. The molecule has 7 heteroatoms. The molecule has 3 N–H and O–H groups in total. The van der Waals surface area contributed by atoms with Crippen LogP contribution in [0.25, 0.3) is 0 Å². The first-order valence-corrected chi connectivity index (χ1v) is 8.44. The number of aromatic nitrogens is 2. The number of rotatable bonds is 7. The van der Waals surface area contributed by atoms with E-state index in [1.165, 1.54) is 17.7 Å². The minimum absolute atomic E-state index is 0.277. The number of ether oxygens (including phenoxy) is 1. The van der Waals surface area contributed by atoms with Gasteiger partial charge < -0.3 is 20.7 Å². The third-order valence-electron chi connectivity index (χ3n) is 4.41. The molecule has 1 aromatic carbocycles. The maximum absolute atomic E-state index is 5.96. The van der Waals surface area contributed by atoms with Crippen LogP contribution in [0.4, 0.5) is 17.3 Å². The van der Waals surface area contributed by atoms with Crippen molar-refractivity contribution in [2.75, 3.05) is 42.2 Å². The quantitative estimate of drug-likeness (QED) is 0.754. The van der Waals surface area contributed by atoms with Crippen LogP contribution in [-0.4, -0.2) is 36.6 Å². The highest BCUT2D eigenvalue weighted by atomic mass is 16.6. The number of nitrogens with zero attached hydrogens (tertiary/aromatic N) is 3. The molecule has 1 aliphatic heterocycles. The Kier molecular flexibility index (Phi) is 5.08. The van der Waals surface area contributed by atoms with Crippen LogP contribution in [0, 0.1) is 12.8 Å². The highest BCUT2D eigenvalue weighted by molar-refractivity contribution is 5.59. The molecule has 3 rings (SSSR count). The summed E-state index contributed by atoms with van der Waals surface area (Å²) in [4.78, 5) is 2.45. The van der Waals surface area contributed by atoms with E-state index in [1.54, 1.807) is 0 Å². The smallest absolute Gasteiger partial charge is 0.215 e. The average Bonchev–Trinajstić information content (AvgIpc) is 3.17. The van der Waals surface area contributed by atoms with Gasteiger partial charge in [0.15, 0.2) is 0 Å². The zero-order valence-corrected chi connectivity index (χ0v) is 14.3. The van der Waals surface area contributed by atoms with E-state index in [0.717, 1.165) is 31.2 Å². The van der Waals surface area contributed by atoms with E-state index in [1.807, 2.05) is 6.07 Å². The van der Waals surface area contributed by atoms with E-state index >= 15 is 0 Å². The maximum Gasteiger partial charge on any atom is 0.215 e. The summed E-state index contributed by atoms with van der Waals surface area (Å²) < 4.78 is 10.5. The summed E-state index contributed by atoms with van der Waals surface area (Å²) in [6, 6.07) is 6.29. The van der Waals surface area contributed by atoms with Gasteiger partial charge in [-0.25, -0.2) is 4.63 Å². The van der Waals surface area contributed by atoms with E-state index in [-0.39, 0.29) is 5.82 Å². The van der Waals surface area contributed by atoms with Gasteiger partial charge in [-0.05, 0) is 48.1 Å². The summed E-state index contributed by atoms with van der Waals surface area (Å²) in [5, 5.41) is 10.3. The van der Waals surface area contributed by atoms with Crippen molar-refractivity contribution < 1.29 is 9.37 Å². The fourth-order valence-corrected chi connectivity index (χ4v) is 3.03. The number of hydrogen-bond acceptors (Lipinski definition) is 7. The zero-order valence-electron chi connectivity index (χ0n) is 14.3. The predicted molar refractivity (Wildman–Crippen MR) is 94.5 cm³/mol. The molecule has 2 heterocycles. The van der Waals surface area contributed by atoms with Gasteiger partial charge in [0.2, 0.25) is 11.6 Å². The zero-order chi connectivity index (χ0) is 16.9. The summed E-state index contributed by atoms with van der Waals surface area (Å²) in [6.45, 7) is 8.01. The van der Waals surface area contributed by atoms with Crippen LogP contribution in [0.1, 0.15) is 25.3 Å². The average molecular weight is 331 g/mol. The lowest BCUT2D eigenvalue weighted by atomic mass is 10.1. The molecule has 1 unspecified atom stereocenters. The number of nitrogens with one attached hydrogen (secondary N) is 1. The lowest BCUT2D eigenvalue weighted by molar-refractivity contribution is 0.308. The largest absolute Gasteiger partial charge is 0.493 e. The van der Waals surface area contributed by atoms with E-state index in [2.05, 4.69) is 51.1 Å². The second-order valence-corrected chi connectivity index (χ2v) is 6.37. The topological polar surface area (TPSA) is 89.4 Å². The maximum atomic E-state index is 5.96. The molecule has 0 radical (unpaired) electrons. The van der Waals surface area contributed by atoms with Gasteiger partial charge in [0.25, 0.3) is 0 Å². The van der Waals surface area contributed by atoms with Crippen molar-refractivity contribution in [3.05, 3.63) is 23.8 Å². The van der Waals surface area contributed by atoms with Gasteiger partial charge >= 0.3 is 0 Å². The fraction of sp³-hybridized carbons (Fsp3) is 0.529. The molecule has 0 amide bonds. The number of nitrogen functional groups attached to an aromatic ring is 1. The van der Waals surface area contributed by atoms with E-state index in [9.17, 15) is 0 Å². The van der Waals surface area contributed by atoms with E-state index in [0.29, 0.717) is 19.0 Å². The number of nitrogens with two attached hydrogens (primary N) is 1. The summed E-state index contributed by atoms with van der Waals surface area (Å²) in [6.07, 6.45) is 2.09. The lowest BCUT2D eigenvalue weighted by Crippen LogP contribution is -2.20. The number of hydrogen-bond donors (Lipinski definition) is 2. The number of anilines is 3. The van der Waals surface area contributed by atoms with Crippen LogP contribution in [-0.2, 0) is 0 Å². The molecule has 1 saturated heterocycles. The van der Waals surface area contributed by atoms with Crippen LogP contribution in [0.15, 0.2) is 22.8 Å². The van der Waals surface area contributed by atoms with E-state index in [4.69, 9.17) is 10.5 Å². The standard InChI is InChI=1S/C17H25N5O2/c1-12-7-9-22(11-12)14-5-3-6-15(13(14)2)23-10-4-8-19-17-16(18)20-24-21-17/h3,5-6,12H,4,7-11H2,1-2H3,(H2,18,20)(H,19,21). The van der Waals surface area contributed by atoms with Gasteiger partial charge in [-0.1, -0.05) is 13.0 Å². The Morgan fingerprint density at radius 2 is 2.29 bits per heavy atom. The molecule has 0 spiro atoms. The summed E-state index contributed by atoms with van der Waals surface area (Å²) in [7, 11) is 0. The van der Waals surface area contributed by atoms with Gasteiger partial charge in [-0.15, -0.1) is 0 Å². The normalized spacial score (nSPS) is 17.2. The van der Waals surface area contributed by atoms with Crippen molar-refractivity contribution in [2.45, 2.75) is 26.7 Å². The van der Waals surface area contributed by atoms with Crippen LogP contribution in [0.3, 0.4) is 0 Å². The molecule has 0 aliphatic carbocycles. The first kappa shape index (κ1) is 16.4. The van der Waals surface area contributed by atoms with E-state index < -0.39 is 0 Å². The summed E-state index contributed by atoms with van der Waals surface area (Å²) >= 11 is 0. The Hall–Kier alpha value is -2.44. The van der Waals surface area contributed by atoms with Crippen LogP contribution in [0.5, 0.6) is 5.75 Å². The van der Waals surface area contributed by atoms with Crippen molar-refractivity contribution in [3.8, 4) is 5.75 Å². The minimum atomic E-state index is 0.277. The molecular weight excluding hydrogens is 306 g/mol. The fourth-order valence-electron chi connectivity index (χ4n) is 3.03. The molecule has 2 aromatic rings. The Labute approximate surface area is 142 Å². The minimum Gasteiger partial charge on any atom is -0.493 e. The highest BCUT2D eigenvalue weighted by Gasteiger charge is 2.21. The lowest BCUT2D eigenvalue weighted by Gasteiger charge is -2.22. The third kappa shape index (κ3) is 3.72. The molecule has 7 nitrogen and oxygen atoms in total. The van der Waals surface area contributed by atoms with Crippen molar-refractivity contribution in [2.24, 2.45) is 5.92 Å². The number of benzene rings is 1. The monoisotopic (exact) mass is 331 g/mol. The Morgan fingerprint density at radius 3 is 3.00 bits per heavy atom. The SMILES string of the molecule is Cc1c(OCCCNc2nonc2N)cccc1N1CCC(C)C1. The van der Waals surface area contributed by atoms with Crippen molar-refractivity contribution in [3.63, 3.8) is 0 Å². The first-order valence-electron chi connectivity index (χ1n) is 8.44. The second-order valence-electron chi connectivity index (χ2n) is 6.37. The summed E-state index contributed by atoms with van der Waals surface area (Å²) in [5.74, 6) is 2.48. The molecule has 1 fully saturated rings. The van der Waals surface area contributed by atoms with Gasteiger partial charge in [-0.3, -0.25) is 0 Å². The third-order valence-corrected chi connectivity index (χ3v) is 4.41. The van der Waals surface area contributed by atoms with Crippen LogP contribution < -0.4 is 20.7 Å². The van der Waals surface area contributed by atoms with Crippen LogP contribution >= 0.6 is 0 Å². The molecular formula is C17H25N5O2. The van der Waals surface area contributed by atoms with Gasteiger partial charge in [-0.2, -0.15) is 0 Å². The van der Waals surface area contributed by atoms with Gasteiger partial charge in [0, 0.05) is 30.9 Å². The molecule has 0 bridgehead atoms. The van der Waals surface area contributed by atoms with Gasteiger partial charge in [0.05, 0.1) is 6.61 Å². The molecule has 130 valence electrons. The van der Waals surface area contributed by atoms with Crippen molar-refractivity contribution in [1.82, 2.24) is 10.3 Å². The molecule has 1 aliphatic rings. The van der Waals surface area contributed by atoms with Gasteiger partial charge in [0.1, 0.15) is 5.75 Å². The second kappa shape index (κ2) is 7.42. The molecule has 24 heavy (non-hydrogen) atoms. The molecule has 1 atom stereocenters. The Balaban J connectivity index is 1.49. The molecule has 0 saturated carbocycles. The summed E-state index contributed by atoms with van der Waals surface area (Å²) in [5.41, 5.74) is 8.09. The highest BCUT2D eigenvalue weighted by Crippen LogP contribution is 2.32. The molecule has 1 aromatic heterocycles. The van der Waals surface area contributed by atoms with Crippen molar-refractivity contribution >= 4 is 17.3 Å². The first-order chi connectivity index (χ1) is 11.6. The van der Waals surface area contributed by atoms with Crippen LogP contribution in [0.2, 0.25) is 0 Å². The Morgan fingerprint density at radius 1 is 1.42 bits per heavy atom.